The fraction of sp³-hybridized carbons (Fsp3) is 0.235. The minimum Gasteiger partial charge on any atom is -0.477 e. The van der Waals surface area contributed by atoms with Gasteiger partial charge in [0.1, 0.15) is 12.0 Å². The van der Waals surface area contributed by atoms with Crippen LogP contribution < -0.4 is 0 Å². The fourth-order valence-electron chi connectivity index (χ4n) is 2.76. The second kappa shape index (κ2) is 6.61. The molecular formula is C17H14N2O4S2. The van der Waals surface area contributed by atoms with E-state index >= 15 is 0 Å². The molecule has 1 amide bonds. The average molecular weight is 374 g/mol. The van der Waals surface area contributed by atoms with Crippen LogP contribution in [-0.4, -0.2) is 36.8 Å². The second-order valence-corrected chi connectivity index (χ2v) is 8.49. The maximum Gasteiger partial charge on any atom is 0.352 e. The van der Waals surface area contributed by atoms with Gasteiger partial charge >= 0.3 is 5.97 Å². The maximum atomic E-state index is 11.6. The van der Waals surface area contributed by atoms with E-state index in [1.54, 1.807) is 42.1 Å². The number of carboxylic acid groups (broad SMARTS) is 1. The number of aliphatic carboxylic acids is 1. The number of fused-ring (bicyclic) bond motifs is 1. The van der Waals surface area contributed by atoms with E-state index in [1.807, 2.05) is 24.3 Å². The lowest BCUT2D eigenvalue weighted by Gasteiger charge is -2.44. The predicted octanol–water partition coefficient (Wildman–Crippen LogP) is 2.96. The first kappa shape index (κ1) is 16.3. The first-order valence-corrected chi connectivity index (χ1v) is 9.49. The number of nitrogens with zero attached hydrogens (tertiary/aromatic N) is 2. The molecule has 3 heterocycles. The van der Waals surface area contributed by atoms with Crippen molar-refractivity contribution >= 4 is 35.4 Å². The smallest absolute Gasteiger partial charge is 0.352 e. The monoisotopic (exact) mass is 374 g/mol. The Morgan fingerprint density at radius 1 is 1.40 bits per heavy atom. The van der Waals surface area contributed by atoms with Crippen LogP contribution in [0.2, 0.25) is 0 Å². The molecule has 2 aliphatic rings. The molecule has 1 fully saturated rings. The molecule has 1 N–H and O–H groups in total. The highest BCUT2D eigenvalue weighted by molar-refractivity contribution is 8.17. The van der Waals surface area contributed by atoms with E-state index in [1.165, 1.54) is 4.90 Å². The number of amides is 1. The topological polar surface area (TPSA) is 83.6 Å². The van der Waals surface area contributed by atoms with Gasteiger partial charge in [0.25, 0.3) is 0 Å². The lowest BCUT2D eigenvalue weighted by molar-refractivity contribution is -0.146. The molecule has 1 saturated heterocycles. The summed E-state index contributed by atoms with van der Waals surface area (Å²) in [4.78, 5) is 29.5. The van der Waals surface area contributed by atoms with E-state index < -0.39 is 5.97 Å². The second-order valence-electron chi connectivity index (χ2n) is 5.65. The van der Waals surface area contributed by atoms with Crippen molar-refractivity contribution in [3.63, 3.8) is 0 Å². The number of carbonyl (C=O) groups excluding carboxylic acids is 1. The SMILES string of the molecule is O=C(O)C1=CC(Sc2ccc(Cc3ncco3)cc2)S[C@@H]2CC(=O)N12. The number of thioether (sulfide) groups is 2. The molecule has 2 atom stereocenters. The molecule has 2 aromatic rings. The number of benzene rings is 1. The van der Waals surface area contributed by atoms with Gasteiger partial charge < -0.3 is 9.52 Å². The van der Waals surface area contributed by atoms with Crippen LogP contribution in [0.4, 0.5) is 0 Å². The quantitative estimate of drug-likeness (QED) is 0.806. The standard InChI is InChI=1S/C17H14N2O4S2/c20-14-9-15-19(14)12(17(21)22)8-16(25-15)24-11-3-1-10(2-4-11)7-13-18-5-6-23-13/h1-6,8,15-16H,7,9H2,(H,21,22)/t15-,16?/m1/s1. The Morgan fingerprint density at radius 2 is 2.20 bits per heavy atom. The normalized spacial score (nSPS) is 22.2. The van der Waals surface area contributed by atoms with Gasteiger partial charge in [0.05, 0.1) is 22.6 Å². The number of rotatable bonds is 5. The zero-order valence-electron chi connectivity index (χ0n) is 13.0. The number of carboxylic acids is 1. The molecule has 8 heteroatoms. The van der Waals surface area contributed by atoms with Gasteiger partial charge in [0.15, 0.2) is 5.89 Å². The Bertz CT molecular complexity index is 833. The van der Waals surface area contributed by atoms with Gasteiger partial charge in [0, 0.05) is 11.3 Å². The van der Waals surface area contributed by atoms with Gasteiger partial charge in [0.2, 0.25) is 5.91 Å². The number of β-lactam (4-membered cyclic amide) rings is 1. The van der Waals surface area contributed by atoms with Gasteiger partial charge in [-0.15, -0.1) is 23.5 Å². The number of aromatic nitrogens is 1. The number of hydrogen-bond donors (Lipinski definition) is 1. The molecule has 25 heavy (non-hydrogen) atoms. The Labute approximate surface area is 152 Å². The van der Waals surface area contributed by atoms with Crippen molar-refractivity contribution in [1.82, 2.24) is 9.88 Å². The summed E-state index contributed by atoms with van der Waals surface area (Å²) in [7, 11) is 0. The summed E-state index contributed by atoms with van der Waals surface area (Å²) in [6.07, 6.45) is 5.88. The molecule has 0 spiro atoms. The van der Waals surface area contributed by atoms with Crippen molar-refractivity contribution in [2.75, 3.05) is 0 Å². The molecule has 0 bridgehead atoms. The van der Waals surface area contributed by atoms with Crippen molar-refractivity contribution in [3.8, 4) is 0 Å². The molecule has 128 valence electrons. The molecule has 0 aliphatic carbocycles. The minimum atomic E-state index is -1.05. The van der Waals surface area contributed by atoms with E-state index in [0.717, 1.165) is 10.5 Å². The van der Waals surface area contributed by atoms with Crippen molar-refractivity contribution in [1.29, 1.82) is 0 Å². The average Bonchev–Trinajstić information content (AvgIpc) is 3.08. The summed E-state index contributed by atoms with van der Waals surface area (Å²) in [5, 5.41) is 9.26. The Morgan fingerprint density at radius 3 is 2.84 bits per heavy atom. The largest absolute Gasteiger partial charge is 0.477 e. The fourth-order valence-corrected chi connectivity index (χ4v) is 5.57. The van der Waals surface area contributed by atoms with Crippen LogP contribution in [-0.2, 0) is 16.0 Å². The third-order valence-corrected chi connectivity index (χ3v) is 6.61. The summed E-state index contributed by atoms with van der Waals surface area (Å²) in [5.41, 5.74) is 1.19. The minimum absolute atomic E-state index is 0.0296. The van der Waals surface area contributed by atoms with Crippen molar-refractivity contribution in [2.45, 2.75) is 27.7 Å². The van der Waals surface area contributed by atoms with Crippen LogP contribution in [0, 0.1) is 0 Å². The van der Waals surface area contributed by atoms with E-state index in [0.29, 0.717) is 18.7 Å². The summed E-state index contributed by atoms with van der Waals surface area (Å²) in [6, 6.07) is 8.05. The highest BCUT2D eigenvalue weighted by Crippen LogP contribution is 2.45. The van der Waals surface area contributed by atoms with Crippen molar-refractivity contribution in [3.05, 3.63) is 60.0 Å². The van der Waals surface area contributed by atoms with Gasteiger partial charge in [-0.25, -0.2) is 9.78 Å². The molecule has 1 aromatic carbocycles. The van der Waals surface area contributed by atoms with Gasteiger partial charge in [-0.2, -0.15) is 0 Å². The van der Waals surface area contributed by atoms with Crippen molar-refractivity contribution in [2.24, 2.45) is 0 Å². The molecule has 6 nitrogen and oxygen atoms in total. The zero-order chi connectivity index (χ0) is 17.4. The van der Waals surface area contributed by atoms with Crippen molar-refractivity contribution < 1.29 is 19.1 Å². The highest BCUT2D eigenvalue weighted by Gasteiger charge is 2.45. The number of carbonyl (C=O) groups is 2. The third kappa shape index (κ3) is 3.32. The summed E-state index contributed by atoms with van der Waals surface area (Å²) >= 11 is 3.20. The Balaban J connectivity index is 1.45. The molecule has 4 rings (SSSR count). The molecule has 1 unspecified atom stereocenters. The van der Waals surface area contributed by atoms with Gasteiger partial charge in [-0.1, -0.05) is 12.1 Å². The van der Waals surface area contributed by atoms with E-state index in [-0.39, 0.29) is 21.6 Å². The lowest BCUT2D eigenvalue weighted by atomic mass is 10.1. The summed E-state index contributed by atoms with van der Waals surface area (Å²) < 4.78 is 5.22. The summed E-state index contributed by atoms with van der Waals surface area (Å²) in [6.45, 7) is 0. The van der Waals surface area contributed by atoms with Crippen LogP contribution in [0.15, 0.2) is 57.8 Å². The Kier molecular flexibility index (Phi) is 4.30. The van der Waals surface area contributed by atoms with Crippen LogP contribution in [0.3, 0.4) is 0 Å². The first-order valence-electron chi connectivity index (χ1n) is 7.67. The van der Waals surface area contributed by atoms with Gasteiger partial charge in [-0.3, -0.25) is 9.69 Å². The number of oxazole rings is 1. The van der Waals surface area contributed by atoms with E-state index in [2.05, 4.69) is 4.98 Å². The van der Waals surface area contributed by atoms with Crippen LogP contribution in [0.25, 0.3) is 0 Å². The molecule has 0 saturated carbocycles. The zero-order valence-corrected chi connectivity index (χ0v) is 14.6. The van der Waals surface area contributed by atoms with Crippen LogP contribution in [0.1, 0.15) is 17.9 Å². The van der Waals surface area contributed by atoms with E-state index in [4.69, 9.17) is 4.42 Å². The first-order chi connectivity index (χ1) is 12.1. The van der Waals surface area contributed by atoms with Crippen LogP contribution >= 0.6 is 23.5 Å². The molecule has 1 aromatic heterocycles. The lowest BCUT2D eigenvalue weighted by Crippen LogP contribution is -2.53. The molecule has 2 aliphatic heterocycles. The van der Waals surface area contributed by atoms with Crippen LogP contribution in [0.5, 0.6) is 0 Å². The van der Waals surface area contributed by atoms with Gasteiger partial charge in [-0.05, 0) is 23.8 Å². The molecule has 0 radical (unpaired) electrons. The number of hydrogen-bond acceptors (Lipinski definition) is 6. The predicted molar refractivity (Wildman–Crippen MR) is 94.0 cm³/mol. The molecular weight excluding hydrogens is 360 g/mol. The Hall–Kier alpha value is -2.19. The van der Waals surface area contributed by atoms with E-state index in [9.17, 15) is 14.7 Å². The highest BCUT2D eigenvalue weighted by atomic mass is 32.2. The third-order valence-electron chi connectivity index (χ3n) is 3.98. The maximum absolute atomic E-state index is 11.6. The summed E-state index contributed by atoms with van der Waals surface area (Å²) in [5.74, 6) is -0.497.